The van der Waals surface area contributed by atoms with E-state index in [9.17, 15) is 0 Å². The van der Waals surface area contributed by atoms with Gasteiger partial charge in [0.15, 0.2) is 0 Å². The molecule has 0 nitrogen and oxygen atoms in total. The number of fused-ring (bicyclic) bond motifs is 2. The number of hydrogen-bond acceptors (Lipinski definition) is 0. The minimum atomic E-state index is 0.684. The summed E-state index contributed by atoms with van der Waals surface area (Å²) in [5.41, 5.74) is 6.33. The first-order chi connectivity index (χ1) is 18.7. The predicted octanol–water partition coefficient (Wildman–Crippen LogP) is 10.9. The van der Waals surface area contributed by atoms with Crippen molar-refractivity contribution in [2.75, 3.05) is 0 Å². The number of halogens is 2. The van der Waals surface area contributed by atoms with Gasteiger partial charge in [0.2, 0.25) is 0 Å². The summed E-state index contributed by atoms with van der Waals surface area (Å²) >= 11 is 13.4. The van der Waals surface area contributed by atoms with E-state index < -0.39 is 0 Å². The summed E-state index contributed by atoms with van der Waals surface area (Å²) in [7, 11) is 0. The third kappa shape index (κ3) is 4.65. The van der Waals surface area contributed by atoms with Crippen LogP contribution in [0.15, 0.2) is 146 Å². The molecule has 0 aliphatic rings. The second kappa shape index (κ2) is 10.7. The van der Waals surface area contributed by atoms with Gasteiger partial charge in [-0.05, 0) is 56.0 Å². The zero-order valence-corrected chi connectivity index (χ0v) is 22.1. The average Bonchev–Trinajstić information content (AvgIpc) is 2.96. The normalized spacial score (nSPS) is 10.9. The van der Waals surface area contributed by atoms with E-state index in [-0.39, 0.29) is 0 Å². The zero-order valence-electron chi connectivity index (χ0n) is 20.6. The van der Waals surface area contributed by atoms with E-state index >= 15 is 0 Å². The molecule has 0 heterocycles. The third-order valence-electron chi connectivity index (χ3n) is 6.90. The molecule has 6 aromatic rings. The Bertz CT molecular complexity index is 1700. The molecule has 0 spiro atoms. The molecule has 0 aliphatic carbocycles. The van der Waals surface area contributed by atoms with Crippen molar-refractivity contribution >= 4 is 55.9 Å². The first-order valence-electron chi connectivity index (χ1n) is 12.6. The van der Waals surface area contributed by atoms with Gasteiger partial charge in [-0.15, -0.1) is 0 Å². The molecule has 0 aliphatic heterocycles. The first-order valence-corrected chi connectivity index (χ1v) is 13.3. The Morgan fingerprint density at radius 2 is 0.711 bits per heavy atom. The molecule has 0 bridgehead atoms. The van der Waals surface area contributed by atoms with Gasteiger partial charge in [-0.2, -0.15) is 0 Å². The van der Waals surface area contributed by atoms with E-state index in [4.69, 9.17) is 23.2 Å². The number of hydrogen-bond donors (Lipinski definition) is 0. The van der Waals surface area contributed by atoms with Gasteiger partial charge in [-0.3, -0.25) is 0 Å². The fourth-order valence-electron chi connectivity index (χ4n) is 5.10. The van der Waals surface area contributed by atoms with Crippen LogP contribution in [0, 0.1) is 0 Å². The van der Waals surface area contributed by atoms with Gasteiger partial charge in [0, 0.05) is 21.2 Å². The van der Waals surface area contributed by atoms with Crippen LogP contribution in [-0.2, 0) is 0 Å². The Hall–Kier alpha value is -4.10. The Kier molecular flexibility index (Phi) is 6.84. The second-order valence-electron chi connectivity index (χ2n) is 9.17. The van der Waals surface area contributed by atoms with Crippen LogP contribution in [0.1, 0.15) is 22.3 Å². The molecule has 0 fully saturated rings. The number of allylic oxidation sites excluding steroid dienone is 2. The summed E-state index contributed by atoms with van der Waals surface area (Å²) in [6.07, 6.45) is 4.37. The summed E-state index contributed by atoms with van der Waals surface area (Å²) in [5, 5.41) is 6.20. The van der Waals surface area contributed by atoms with Crippen molar-refractivity contribution in [2.45, 2.75) is 0 Å². The van der Waals surface area contributed by atoms with Gasteiger partial charge in [-0.25, -0.2) is 0 Å². The molecule has 6 aromatic carbocycles. The molecule has 0 N–H and O–H groups in total. The molecule has 38 heavy (non-hydrogen) atoms. The molecule has 0 unspecified atom stereocenters. The van der Waals surface area contributed by atoms with Crippen LogP contribution in [0.4, 0.5) is 0 Å². The lowest BCUT2D eigenvalue weighted by atomic mass is 9.89. The lowest BCUT2D eigenvalue weighted by Gasteiger charge is -2.15. The van der Waals surface area contributed by atoms with Crippen LogP contribution in [0.5, 0.6) is 0 Å². The highest BCUT2D eigenvalue weighted by molar-refractivity contribution is 6.34. The van der Waals surface area contributed by atoms with Crippen LogP contribution < -0.4 is 0 Å². The van der Waals surface area contributed by atoms with Gasteiger partial charge < -0.3 is 0 Å². The molecule has 0 saturated carbocycles. The maximum atomic E-state index is 6.72. The van der Waals surface area contributed by atoms with Crippen molar-refractivity contribution in [1.29, 1.82) is 0 Å². The Labute approximate surface area is 233 Å². The highest BCUT2D eigenvalue weighted by Crippen LogP contribution is 2.37. The predicted molar refractivity (Wildman–Crippen MR) is 165 cm³/mol. The van der Waals surface area contributed by atoms with Crippen LogP contribution in [0.25, 0.3) is 32.7 Å². The highest BCUT2D eigenvalue weighted by atomic mass is 35.5. The molecule has 2 heteroatoms. The van der Waals surface area contributed by atoms with Gasteiger partial charge >= 0.3 is 0 Å². The number of benzene rings is 6. The molecule has 6 rings (SSSR count). The van der Waals surface area contributed by atoms with Gasteiger partial charge in [-0.1, -0.05) is 157 Å². The zero-order chi connectivity index (χ0) is 25.9. The molecule has 0 radical (unpaired) electrons. The molecular weight excluding hydrogens is 503 g/mol. The molecule has 182 valence electrons. The maximum Gasteiger partial charge on any atom is 0.0484 e. The highest BCUT2D eigenvalue weighted by Gasteiger charge is 2.14. The van der Waals surface area contributed by atoms with Crippen molar-refractivity contribution < 1.29 is 0 Å². The van der Waals surface area contributed by atoms with E-state index in [1.807, 2.05) is 48.5 Å². The van der Waals surface area contributed by atoms with Crippen molar-refractivity contribution in [3.8, 4) is 0 Å². The summed E-state index contributed by atoms with van der Waals surface area (Å²) in [6, 6.07) is 45.9. The standard InChI is InChI=1S/C36H24Cl2/c37-35-21-7-5-17-33(35)32(34-18-6-8-22-36(34)38)24-23-31(29-19-9-13-25-11-1-3-15-27(25)29)30-20-10-14-26-12-2-4-16-28(26)30/h1-24H. The van der Waals surface area contributed by atoms with Crippen molar-refractivity contribution in [2.24, 2.45) is 0 Å². The first kappa shape index (κ1) is 24.2. The van der Waals surface area contributed by atoms with Crippen LogP contribution in [-0.4, -0.2) is 0 Å². The second-order valence-corrected chi connectivity index (χ2v) is 9.99. The fourth-order valence-corrected chi connectivity index (χ4v) is 5.57. The van der Waals surface area contributed by atoms with Crippen LogP contribution in [0.2, 0.25) is 10.0 Å². The van der Waals surface area contributed by atoms with Crippen LogP contribution >= 0.6 is 23.2 Å². The maximum absolute atomic E-state index is 6.72. The van der Waals surface area contributed by atoms with Gasteiger partial charge in [0.05, 0.1) is 0 Å². The van der Waals surface area contributed by atoms with Crippen molar-refractivity contribution in [3.05, 3.63) is 178 Å². The van der Waals surface area contributed by atoms with E-state index in [0.29, 0.717) is 10.0 Å². The largest absolute Gasteiger partial charge is 0.0837 e. The minimum absolute atomic E-state index is 0.684. The smallest absolute Gasteiger partial charge is 0.0484 e. The van der Waals surface area contributed by atoms with Crippen molar-refractivity contribution in [1.82, 2.24) is 0 Å². The summed E-state index contributed by atoms with van der Waals surface area (Å²) in [6.45, 7) is 0. The molecular formula is C36H24Cl2. The lowest BCUT2D eigenvalue weighted by Crippen LogP contribution is -1.93. The summed E-state index contributed by atoms with van der Waals surface area (Å²) in [5.74, 6) is 0. The summed E-state index contributed by atoms with van der Waals surface area (Å²) < 4.78 is 0. The molecule has 0 atom stereocenters. The van der Waals surface area contributed by atoms with Crippen LogP contribution in [0.3, 0.4) is 0 Å². The molecule has 0 amide bonds. The Morgan fingerprint density at radius 3 is 1.18 bits per heavy atom. The van der Waals surface area contributed by atoms with E-state index in [1.165, 1.54) is 32.7 Å². The fraction of sp³-hybridized carbons (Fsp3) is 0. The molecule has 0 saturated heterocycles. The van der Waals surface area contributed by atoms with E-state index in [0.717, 1.165) is 22.3 Å². The van der Waals surface area contributed by atoms with Gasteiger partial charge in [0.1, 0.15) is 0 Å². The van der Waals surface area contributed by atoms with Crippen molar-refractivity contribution in [3.63, 3.8) is 0 Å². The average molecular weight is 527 g/mol. The van der Waals surface area contributed by atoms with E-state index in [2.05, 4.69) is 97.1 Å². The number of rotatable bonds is 5. The SMILES string of the molecule is Clc1ccccc1C(=CC=C(c1cccc2ccccc12)c1cccc2ccccc12)c1ccccc1Cl. The summed E-state index contributed by atoms with van der Waals surface area (Å²) in [4.78, 5) is 0. The topological polar surface area (TPSA) is 0 Å². The molecule has 0 aromatic heterocycles. The van der Waals surface area contributed by atoms with Gasteiger partial charge in [0.25, 0.3) is 0 Å². The monoisotopic (exact) mass is 526 g/mol. The van der Waals surface area contributed by atoms with E-state index in [1.54, 1.807) is 0 Å². The Morgan fingerprint density at radius 1 is 0.368 bits per heavy atom. The quantitative estimate of drug-likeness (QED) is 0.196. The minimum Gasteiger partial charge on any atom is -0.0837 e. The Balaban J connectivity index is 1.67. The lowest BCUT2D eigenvalue weighted by molar-refractivity contribution is 1.54. The third-order valence-corrected chi connectivity index (χ3v) is 7.56.